The van der Waals surface area contributed by atoms with E-state index in [1.807, 2.05) is 19.1 Å². The number of amides is 1. The van der Waals surface area contributed by atoms with Crippen molar-refractivity contribution >= 4 is 18.3 Å². The van der Waals surface area contributed by atoms with E-state index in [1.165, 1.54) is 12.1 Å². The van der Waals surface area contributed by atoms with Gasteiger partial charge in [0, 0.05) is 19.2 Å². The van der Waals surface area contributed by atoms with Crippen molar-refractivity contribution < 1.29 is 13.9 Å². The number of nitrogens with two attached hydrogens (primary N) is 1. The number of halogens is 2. The average Bonchev–Trinajstić information content (AvgIpc) is 2.57. The molecular weight excluding hydrogens is 331 g/mol. The van der Waals surface area contributed by atoms with Gasteiger partial charge in [-0.3, -0.25) is 4.79 Å². The van der Waals surface area contributed by atoms with Crippen molar-refractivity contribution in [2.45, 2.75) is 25.6 Å². The normalized spacial score (nSPS) is 12.8. The monoisotopic (exact) mass is 352 g/mol. The Morgan fingerprint density at radius 2 is 1.75 bits per heavy atom. The number of ether oxygens (including phenoxy) is 1. The fraction of sp³-hybridized carbons (Fsp3) is 0.278. The Hall–Kier alpha value is -1.95. The van der Waals surface area contributed by atoms with Crippen LogP contribution in [0.4, 0.5) is 4.39 Å². The molecule has 2 rings (SSSR count). The number of methoxy groups -OCH3 is 1. The molecule has 0 heterocycles. The third-order valence-electron chi connectivity index (χ3n) is 3.72. The lowest BCUT2D eigenvalue weighted by Gasteiger charge is -2.24. The van der Waals surface area contributed by atoms with E-state index in [-0.39, 0.29) is 36.3 Å². The number of nitrogens with one attached hydrogen (secondary N) is 1. The largest absolute Gasteiger partial charge is 0.375 e. The quantitative estimate of drug-likeness (QED) is 0.839. The van der Waals surface area contributed by atoms with Crippen molar-refractivity contribution in [2.24, 2.45) is 5.73 Å². The predicted octanol–water partition coefficient (Wildman–Crippen LogP) is 3.21. The minimum Gasteiger partial charge on any atom is -0.375 e. The SMILES string of the molecule is COC(c1ccc(F)cc1)C(C)NC(=O)c1ccc(CN)cc1.Cl. The summed E-state index contributed by atoms with van der Waals surface area (Å²) in [5, 5.41) is 2.91. The average molecular weight is 353 g/mol. The fourth-order valence-corrected chi connectivity index (χ4v) is 2.44. The summed E-state index contributed by atoms with van der Waals surface area (Å²) in [6.45, 7) is 2.29. The summed E-state index contributed by atoms with van der Waals surface area (Å²) in [4.78, 5) is 12.3. The molecule has 4 nitrogen and oxygen atoms in total. The molecule has 0 aliphatic rings. The van der Waals surface area contributed by atoms with Crippen LogP contribution in [0.1, 0.15) is 34.5 Å². The second-order valence-electron chi connectivity index (χ2n) is 5.37. The summed E-state index contributed by atoms with van der Waals surface area (Å²) in [7, 11) is 1.56. The van der Waals surface area contributed by atoms with Gasteiger partial charge in [-0.15, -0.1) is 12.4 Å². The Bertz CT molecular complexity index is 647. The van der Waals surface area contributed by atoms with Crippen LogP contribution in [-0.2, 0) is 11.3 Å². The first-order chi connectivity index (χ1) is 11.0. The lowest BCUT2D eigenvalue weighted by atomic mass is 10.0. The predicted molar refractivity (Wildman–Crippen MR) is 94.7 cm³/mol. The van der Waals surface area contributed by atoms with Crippen LogP contribution in [0.5, 0.6) is 0 Å². The van der Waals surface area contributed by atoms with Crippen molar-refractivity contribution in [3.05, 3.63) is 71.0 Å². The number of hydrogen-bond donors (Lipinski definition) is 2. The maximum Gasteiger partial charge on any atom is 0.251 e. The van der Waals surface area contributed by atoms with E-state index in [4.69, 9.17) is 10.5 Å². The highest BCUT2D eigenvalue weighted by Crippen LogP contribution is 2.21. The maximum atomic E-state index is 13.0. The molecule has 6 heteroatoms. The van der Waals surface area contributed by atoms with E-state index in [9.17, 15) is 9.18 Å². The molecule has 0 spiro atoms. The van der Waals surface area contributed by atoms with Gasteiger partial charge in [-0.05, 0) is 42.3 Å². The molecule has 1 amide bonds. The highest BCUT2D eigenvalue weighted by atomic mass is 35.5. The molecule has 0 fully saturated rings. The van der Waals surface area contributed by atoms with Crippen LogP contribution in [-0.4, -0.2) is 19.1 Å². The van der Waals surface area contributed by atoms with Crippen molar-refractivity contribution in [3.63, 3.8) is 0 Å². The van der Waals surface area contributed by atoms with Crippen LogP contribution >= 0.6 is 12.4 Å². The molecule has 0 aromatic heterocycles. The maximum absolute atomic E-state index is 13.0. The van der Waals surface area contributed by atoms with Gasteiger partial charge in [-0.25, -0.2) is 4.39 Å². The minimum absolute atomic E-state index is 0. The van der Waals surface area contributed by atoms with E-state index in [1.54, 1.807) is 31.4 Å². The molecule has 2 atom stereocenters. The van der Waals surface area contributed by atoms with E-state index in [2.05, 4.69) is 5.32 Å². The van der Waals surface area contributed by atoms with E-state index in [0.29, 0.717) is 12.1 Å². The molecule has 0 aliphatic carbocycles. The Morgan fingerprint density at radius 1 is 1.17 bits per heavy atom. The van der Waals surface area contributed by atoms with Gasteiger partial charge < -0.3 is 15.8 Å². The van der Waals surface area contributed by atoms with Gasteiger partial charge in [0.15, 0.2) is 0 Å². The fourth-order valence-electron chi connectivity index (χ4n) is 2.44. The van der Waals surface area contributed by atoms with Crippen LogP contribution in [0, 0.1) is 5.82 Å². The van der Waals surface area contributed by atoms with Crippen LogP contribution in [0.25, 0.3) is 0 Å². The molecule has 0 bridgehead atoms. The van der Waals surface area contributed by atoms with Crippen LogP contribution < -0.4 is 11.1 Å². The first kappa shape index (κ1) is 20.1. The Morgan fingerprint density at radius 3 is 2.25 bits per heavy atom. The van der Waals surface area contributed by atoms with E-state index >= 15 is 0 Å². The topological polar surface area (TPSA) is 64.3 Å². The number of rotatable bonds is 6. The van der Waals surface area contributed by atoms with Crippen molar-refractivity contribution in [2.75, 3.05) is 7.11 Å². The lowest BCUT2D eigenvalue weighted by Crippen LogP contribution is -2.37. The van der Waals surface area contributed by atoms with Gasteiger partial charge in [0.05, 0.1) is 6.04 Å². The van der Waals surface area contributed by atoms with Crippen LogP contribution in [0.3, 0.4) is 0 Å². The Balaban J connectivity index is 0.00000288. The third-order valence-corrected chi connectivity index (χ3v) is 3.72. The summed E-state index contributed by atoms with van der Waals surface area (Å²) in [5.41, 5.74) is 7.88. The number of carbonyl (C=O) groups excluding carboxylic acids is 1. The molecule has 0 saturated heterocycles. The zero-order valence-corrected chi connectivity index (χ0v) is 14.5. The molecule has 130 valence electrons. The second kappa shape index (κ2) is 9.37. The van der Waals surface area contributed by atoms with Gasteiger partial charge >= 0.3 is 0 Å². The van der Waals surface area contributed by atoms with Gasteiger partial charge in [-0.2, -0.15) is 0 Å². The van der Waals surface area contributed by atoms with Crippen LogP contribution in [0.2, 0.25) is 0 Å². The molecule has 2 unspecified atom stereocenters. The molecule has 24 heavy (non-hydrogen) atoms. The molecular formula is C18H22ClFN2O2. The van der Waals surface area contributed by atoms with Gasteiger partial charge in [0.1, 0.15) is 11.9 Å². The highest BCUT2D eigenvalue weighted by Gasteiger charge is 2.21. The lowest BCUT2D eigenvalue weighted by molar-refractivity contribution is 0.0644. The molecule has 2 aromatic carbocycles. The number of hydrogen-bond acceptors (Lipinski definition) is 3. The first-order valence-electron chi connectivity index (χ1n) is 7.43. The third kappa shape index (κ3) is 5.03. The molecule has 2 aromatic rings. The molecule has 0 saturated carbocycles. The summed E-state index contributed by atoms with van der Waals surface area (Å²) < 4.78 is 18.5. The van der Waals surface area contributed by atoms with Crippen molar-refractivity contribution in [1.29, 1.82) is 0 Å². The number of carbonyl (C=O) groups is 1. The summed E-state index contributed by atoms with van der Waals surface area (Å²) in [5.74, 6) is -0.495. The molecule has 0 aliphatic heterocycles. The summed E-state index contributed by atoms with van der Waals surface area (Å²) >= 11 is 0. The molecule has 0 radical (unpaired) electrons. The zero-order chi connectivity index (χ0) is 16.8. The summed E-state index contributed by atoms with van der Waals surface area (Å²) in [6, 6.07) is 12.9. The smallest absolute Gasteiger partial charge is 0.251 e. The van der Waals surface area contributed by atoms with Gasteiger partial charge in [0.2, 0.25) is 0 Å². The Kier molecular flexibility index (Phi) is 7.85. The van der Waals surface area contributed by atoms with Gasteiger partial charge in [0.25, 0.3) is 5.91 Å². The standard InChI is InChI=1S/C18H21FN2O2.ClH/c1-12(17(23-2)14-7-9-16(19)10-8-14)21-18(22)15-5-3-13(11-20)4-6-15;/h3-10,12,17H,11,20H2,1-2H3,(H,21,22);1H. The van der Waals surface area contributed by atoms with E-state index < -0.39 is 0 Å². The first-order valence-corrected chi connectivity index (χ1v) is 7.43. The van der Waals surface area contributed by atoms with Crippen molar-refractivity contribution in [1.82, 2.24) is 5.32 Å². The number of benzene rings is 2. The Labute approximate surface area is 147 Å². The highest BCUT2D eigenvalue weighted by molar-refractivity contribution is 5.94. The van der Waals surface area contributed by atoms with Crippen molar-refractivity contribution in [3.8, 4) is 0 Å². The minimum atomic E-state index is -0.358. The van der Waals surface area contributed by atoms with Crippen LogP contribution in [0.15, 0.2) is 48.5 Å². The summed E-state index contributed by atoms with van der Waals surface area (Å²) in [6.07, 6.45) is -0.358. The van der Waals surface area contributed by atoms with Gasteiger partial charge in [-0.1, -0.05) is 24.3 Å². The molecule has 3 N–H and O–H groups in total. The zero-order valence-electron chi connectivity index (χ0n) is 13.7. The van der Waals surface area contributed by atoms with E-state index in [0.717, 1.165) is 11.1 Å². The second-order valence-corrected chi connectivity index (χ2v) is 5.37.